The van der Waals surface area contributed by atoms with Crippen LogP contribution < -0.4 is 9.46 Å². The molecule has 1 atom stereocenters. The number of aryl methyl sites for hydroxylation is 1. The number of rotatable bonds is 5. The first-order chi connectivity index (χ1) is 10.3. The van der Waals surface area contributed by atoms with Crippen LogP contribution in [0.3, 0.4) is 0 Å². The lowest BCUT2D eigenvalue weighted by Gasteiger charge is -2.16. The van der Waals surface area contributed by atoms with Gasteiger partial charge in [0.2, 0.25) is 10.0 Å². The summed E-state index contributed by atoms with van der Waals surface area (Å²) in [4.78, 5) is 0.114. The monoisotopic (exact) mass is 383 g/mol. The molecule has 4 nitrogen and oxygen atoms in total. The van der Waals surface area contributed by atoms with Gasteiger partial charge in [-0.25, -0.2) is 13.1 Å². The number of hydrogen-bond donors (Lipinski definition) is 1. The van der Waals surface area contributed by atoms with Crippen molar-refractivity contribution in [2.75, 3.05) is 7.11 Å². The molecule has 0 fully saturated rings. The van der Waals surface area contributed by atoms with Crippen molar-refractivity contribution in [1.29, 1.82) is 0 Å². The number of ether oxygens (including phenoxy) is 1. The summed E-state index contributed by atoms with van der Waals surface area (Å²) in [6.45, 7) is 3.80. The van der Waals surface area contributed by atoms with Crippen LogP contribution in [0.2, 0.25) is 0 Å². The number of halogens is 1. The molecule has 0 spiro atoms. The van der Waals surface area contributed by atoms with Gasteiger partial charge in [0.05, 0.1) is 7.11 Å². The predicted octanol–water partition coefficient (Wildman–Crippen LogP) is 3.81. The van der Waals surface area contributed by atoms with Crippen LogP contribution in [0.15, 0.2) is 51.8 Å². The Hall–Kier alpha value is -1.37. The minimum absolute atomic E-state index is 0.114. The highest BCUT2D eigenvalue weighted by Crippen LogP contribution is 2.28. The van der Waals surface area contributed by atoms with E-state index in [1.54, 1.807) is 12.1 Å². The Morgan fingerprint density at radius 3 is 2.36 bits per heavy atom. The topological polar surface area (TPSA) is 55.4 Å². The molecule has 2 aromatic rings. The Labute approximate surface area is 139 Å². The molecule has 0 bridgehead atoms. The SMILES string of the molecule is COc1ccc(Br)cc1S(=O)(=O)NC(C)c1ccc(C)cc1. The Morgan fingerprint density at radius 1 is 1.14 bits per heavy atom. The van der Waals surface area contributed by atoms with Crippen molar-refractivity contribution in [3.8, 4) is 5.75 Å². The van der Waals surface area contributed by atoms with Gasteiger partial charge in [-0.05, 0) is 37.6 Å². The van der Waals surface area contributed by atoms with E-state index in [2.05, 4.69) is 20.7 Å². The van der Waals surface area contributed by atoms with E-state index >= 15 is 0 Å². The number of nitrogens with one attached hydrogen (secondary N) is 1. The molecule has 0 radical (unpaired) electrons. The molecule has 2 aromatic carbocycles. The van der Waals surface area contributed by atoms with Crippen LogP contribution in [0.1, 0.15) is 24.1 Å². The summed E-state index contributed by atoms with van der Waals surface area (Å²) in [5.74, 6) is 0.312. The van der Waals surface area contributed by atoms with Crippen molar-refractivity contribution in [3.63, 3.8) is 0 Å². The van der Waals surface area contributed by atoms with Gasteiger partial charge in [-0.1, -0.05) is 45.8 Å². The summed E-state index contributed by atoms with van der Waals surface area (Å²) in [6.07, 6.45) is 0. The van der Waals surface area contributed by atoms with Crippen molar-refractivity contribution >= 4 is 26.0 Å². The molecule has 0 aliphatic heterocycles. The minimum Gasteiger partial charge on any atom is -0.495 e. The average Bonchev–Trinajstić information content (AvgIpc) is 2.47. The molecule has 0 saturated carbocycles. The fourth-order valence-corrected chi connectivity index (χ4v) is 4.02. The van der Waals surface area contributed by atoms with Crippen LogP contribution in [-0.4, -0.2) is 15.5 Å². The van der Waals surface area contributed by atoms with Crippen LogP contribution in [0.5, 0.6) is 5.75 Å². The maximum Gasteiger partial charge on any atom is 0.244 e. The van der Waals surface area contributed by atoms with E-state index < -0.39 is 10.0 Å². The molecule has 1 N–H and O–H groups in total. The second kappa shape index (κ2) is 6.81. The summed E-state index contributed by atoms with van der Waals surface area (Å²) < 4.78 is 33.7. The van der Waals surface area contributed by atoms with Crippen LogP contribution in [0.25, 0.3) is 0 Å². The standard InChI is InChI=1S/C16H18BrNO3S/c1-11-4-6-13(7-5-11)12(2)18-22(19,20)16-10-14(17)8-9-15(16)21-3/h4-10,12,18H,1-3H3. The maximum atomic E-state index is 12.6. The first-order valence-corrected chi connectivity index (χ1v) is 9.03. The summed E-state index contributed by atoms with van der Waals surface area (Å²) in [7, 11) is -2.24. The summed E-state index contributed by atoms with van der Waals surface area (Å²) in [5.41, 5.74) is 2.04. The molecule has 1 unspecified atom stereocenters. The van der Waals surface area contributed by atoms with Gasteiger partial charge in [-0.3, -0.25) is 0 Å². The zero-order valence-electron chi connectivity index (χ0n) is 12.6. The average molecular weight is 384 g/mol. The van der Waals surface area contributed by atoms with Gasteiger partial charge in [0.15, 0.2) is 0 Å². The molecule has 0 aliphatic carbocycles. The van der Waals surface area contributed by atoms with Gasteiger partial charge >= 0.3 is 0 Å². The molecular weight excluding hydrogens is 366 g/mol. The van der Waals surface area contributed by atoms with Gasteiger partial charge in [-0.15, -0.1) is 0 Å². The van der Waals surface area contributed by atoms with Crippen LogP contribution in [-0.2, 0) is 10.0 Å². The van der Waals surface area contributed by atoms with Crippen molar-refractivity contribution in [1.82, 2.24) is 4.72 Å². The van der Waals surface area contributed by atoms with Crippen LogP contribution >= 0.6 is 15.9 Å². The minimum atomic E-state index is -3.69. The van der Waals surface area contributed by atoms with Crippen LogP contribution in [0.4, 0.5) is 0 Å². The van der Waals surface area contributed by atoms with E-state index in [9.17, 15) is 8.42 Å². The smallest absolute Gasteiger partial charge is 0.244 e. The number of methoxy groups -OCH3 is 1. The molecule has 0 aromatic heterocycles. The Morgan fingerprint density at radius 2 is 1.77 bits per heavy atom. The van der Waals surface area contributed by atoms with Gasteiger partial charge < -0.3 is 4.74 Å². The summed E-state index contributed by atoms with van der Waals surface area (Å²) >= 11 is 3.29. The second-order valence-electron chi connectivity index (χ2n) is 5.05. The normalized spacial score (nSPS) is 12.9. The molecule has 0 amide bonds. The zero-order chi connectivity index (χ0) is 16.3. The lowest BCUT2D eigenvalue weighted by molar-refractivity contribution is 0.402. The molecular formula is C16H18BrNO3S. The quantitative estimate of drug-likeness (QED) is 0.853. The second-order valence-corrected chi connectivity index (χ2v) is 7.65. The van der Waals surface area contributed by atoms with Gasteiger partial charge in [0.1, 0.15) is 10.6 Å². The first kappa shape index (κ1) is 17.0. The Kier molecular flexibility index (Phi) is 5.26. The third-order valence-corrected chi connectivity index (χ3v) is 5.38. The Balaban J connectivity index is 2.31. The number of hydrogen-bond acceptors (Lipinski definition) is 3. The number of sulfonamides is 1. The van der Waals surface area contributed by atoms with Crippen molar-refractivity contribution in [2.24, 2.45) is 0 Å². The number of benzene rings is 2. The summed E-state index contributed by atoms with van der Waals surface area (Å²) in [5, 5.41) is 0. The van der Waals surface area contributed by atoms with Crippen molar-refractivity contribution in [3.05, 3.63) is 58.1 Å². The summed E-state index contributed by atoms with van der Waals surface area (Å²) in [6, 6.07) is 12.3. The van der Waals surface area contributed by atoms with Crippen LogP contribution in [0, 0.1) is 6.92 Å². The first-order valence-electron chi connectivity index (χ1n) is 6.76. The van der Waals surface area contributed by atoms with Gasteiger partial charge in [0.25, 0.3) is 0 Å². The molecule has 6 heteroatoms. The highest BCUT2D eigenvalue weighted by Gasteiger charge is 2.22. The maximum absolute atomic E-state index is 12.6. The van der Waals surface area contributed by atoms with E-state index in [-0.39, 0.29) is 10.9 Å². The van der Waals surface area contributed by atoms with E-state index in [0.717, 1.165) is 11.1 Å². The molecule has 0 aliphatic rings. The van der Waals surface area contributed by atoms with E-state index in [1.165, 1.54) is 13.2 Å². The third kappa shape index (κ3) is 3.88. The van der Waals surface area contributed by atoms with Gasteiger partial charge in [0, 0.05) is 10.5 Å². The lowest BCUT2D eigenvalue weighted by atomic mass is 10.1. The highest BCUT2D eigenvalue weighted by molar-refractivity contribution is 9.10. The third-order valence-electron chi connectivity index (χ3n) is 3.32. The highest BCUT2D eigenvalue weighted by atomic mass is 79.9. The molecule has 118 valence electrons. The van der Waals surface area contributed by atoms with Gasteiger partial charge in [-0.2, -0.15) is 0 Å². The lowest BCUT2D eigenvalue weighted by Crippen LogP contribution is -2.27. The fraction of sp³-hybridized carbons (Fsp3) is 0.250. The van der Waals surface area contributed by atoms with E-state index in [4.69, 9.17) is 4.74 Å². The molecule has 0 heterocycles. The largest absolute Gasteiger partial charge is 0.495 e. The Bertz CT molecular complexity index is 757. The van der Waals surface area contributed by atoms with Crippen molar-refractivity contribution < 1.29 is 13.2 Å². The van der Waals surface area contributed by atoms with E-state index in [1.807, 2.05) is 38.1 Å². The predicted molar refractivity (Wildman–Crippen MR) is 90.6 cm³/mol. The molecule has 22 heavy (non-hydrogen) atoms. The van der Waals surface area contributed by atoms with Crippen molar-refractivity contribution in [2.45, 2.75) is 24.8 Å². The fourth-order valence-electron chi connectivity index (χ4n) is 2.08. The molecule has 0 saturated heterocycles. The van der Waals surface area contributed by atoms with E-state index in [0.29, 0.717) is 10.2 Å². The zero-order valence-corrected chi connectivity index (χ0v) is 15.0. The molecule has 2 rings (SSSR count).